The van der Waals surface area contributed by atoms with E-state index in [0.717, 1.165) is 24.1 Å². The molecule has 100 valence electrons. The molecule has 0 bridgehead atoms. The Morgan fingerprint density at radius 3 is 2.89 bits per heavy atom. The molecule has 0 fully saturated rings. The van der Waals surface area contributed by atoms with E-state index >= 15 is 0 Å². The standard InChI is InChI=1S/C14H22N2O2/c1-9(13(18)15-4)16-6-5-10-11(16)7-14(2,3)8-12(10)17/h5-6,9,12,17H,7-8H2,1-4H3,(H,15,18). The van der Waals surface area contributed by atoms with Crippen molar-refractivity contribution < 1.29 is 9.90 Å². The van der Waals surface area contributed by atoms with E-state index in [0.29, 0.717) is 0 Å². The average molecular weight is 250 g/mol. The molecule has 1 aromatic rings. The molecule has 1 aromatic heterocycles. The lowest BCUT2D eigenvalue weighted by molar-refractivity contribution is -0.123. The van der Waals surface area contributed by atoms with Gasteiger partial charge in [-0.1, -0.05) is 13.8 Å². The molecule has 0 saturated heterocycles. The van der Waals surface area contributed by atoms with E-state index in [1.54, 1.807) is 7.05 Å². The van der Waals surface area contributed by atoms with Gasteiger partial charge in [-0.2, -0.15) is 0 Å². The number of aliphatic hydroxyl groups is 1. The van der Waals surface area contributed by atoms with Gasteiger partial charge in [0, 0.05) is 24.5 Å². The molecule has 0 aliphatic heterocycles. The summed E-state index contributed by atoms with van der Waals surface area (Å²) >= 11 is 0. The number of carbonyl (C=O) groups excluding carboxylic acids is 1. The third-order valence-electron chi connectivity index (χ3n) is 3.85. The summed E-state index contributed by atoms with van der Waals surface area (Å²) in [4.78, 5) is 11.7. The summed E-state index contributed by atoms with van der Waals surface area (Å²) in [6.07, 6.45) is 3.17. The summed E-state index contributed by atoms with van der Waals surface area (Å²) in [5.74, 6) is -0.00808. The molecule has 2 N–H and O–H groups in total. The van der Waals surface area contributed by atoms with Gasteiger partial charge in [0.15, 0.2) is 0 Å². The van der Waals surface area contributed by atoms with Crippen LogP contribution < -0.4 is 5.32 Å². The van der Waals surface area contributed by atoms with E-state index in [-0.39, 0.29) is 17.4 Å². The van der Waals surface area contributed by atoms with Crippen LogP contribution in [0.4, 0.5) is 0 Å². The number of amides is 1. The molecule has 2 atom stereocenters. The van der Waals surface area contributed by atoms with Gasteiger partial charge in [0.2, 0.25) is 5.91 Å². The Balaban J connectivity index is 2.39. The topological polar surface area (TPSA) is 54.3 Å². The minimum absolute atomic E-state index is 0.00808. The van der Waals surface area contributed by atoms with Gasteiger partial charge in [-0.25, -0.2) is 0 Å². The molecular weight excluding hydrogens is 228 g/mol. The number of aliphatic hydroxyl groups excluding tert-OH is 1. The number of rotatable bonds is 2. The highest BCUT2D eigenvalue weighted by Gasteiger charge is 2.34. The first-order valence-electron chi connectivity index (χ1n) is 6.45. The van der Waals surface area contributed by atoms with Crippen LogP contribution in [-0.4, -0.2) is 22.6 Å². The Hall–Kier alpha value is -1.29. The lowest BCUT2D eigenvalue weighted by Gasteiger charge is -2.34. The first kappa shape index (κ1) is 13.1. The molecular formula is C14H22N2O2. The maximum absolute atomic E-state index is 11.7. The van der Waals surface area contributed by atoms with Crippen molar-refractivity contribution in [2.75, 3.05) is 7.05 Å². The van der Waals surface area contributed by atoms with Crippen LogP contribution >= 0.6 is 0 Å². The molecule has 2 rings (SSSR count). The number of carbonyl (C=O) groups is 1. The van der Waals surface area contributed by atoms with Crippen LogP contribution in [0.25, 0.3) is 0 Å². The maximum Gasteiger partial charge on any atom is 0.242 e. The van der Waals surface area contributed by atoms with E-state index in [9.17, 15) is 9.90 Å². The average Bonchev–Trinajstić information content (AvgIpc) is 2.69. The Bertz CT molecular complexity index is 462. The number of hydrogen-bond acceptors (Lipinski definition) is 2. The number of fused-ring (bicyclic) bond motifs is 1. The number of hydrogen-bond donors (Lipinski definition) is 2. The fraction of sp³-hybridized carbons (Fsp3) is 0.643. The van der Waals surface area contributed by atoms with Crippen LogP contribution in [0.3, 0.4) is 0 Å². The maximum atomic E-state index is 11.7. The number of aromatic nitrogens is 1. The van der Waals surface area contributed by atoms with Crippen molar-refractivity contribution in [3.63, 3.8) is 0 Å². The minimum Gasteiger partial charge on any atom is -0.388 e. The van der Waals surface area contributed by atoms with Gasteiger partial charge in [-0.05, 0) is 31.2 Å². The van der Waals surface area contributed by atoms with E-state index in [1.807, 2.05) is 23.8 Å². The van der Waals surface area contributed by atoms with Gasteiger partial charge in [0.05, 0.1) is 6.10 Å². The molecule has 4 heteroatoms. The molecule has 0 aromatic carbocycles. The number of nitrogens with one attached hydrogen (secondary N) is 1. The zero-order valence-corrected chi connectivity index (χ0v) is 11.5. The quantitative estimate of drug-likeness (QED) is 0.841. The zero-order valence-electron chi connectivity index (χ0n) is 11.5. The van der Waals surface area contributed by atoms with Gasteiger partial charge in [-0.15, -0.1) is 0 Å². The van der Waals surface area contributed by atoms with E-state index in [2.05, 4.69) is 19.2 Å². The first-order chi connectivity index (χ1) is 8.35. The zero-order chi connectivity index (χ0) is 13.5. The van der Waals surface area contributed by atoms with Crippen molar-refractivity contribution >= 4 is 5.91 Å². The second kappa shape index (κ2) is 4.43. The monoisotopic (exact) mass is 250 g/mol. The van der Waals surface area contributed by atoms with Crippen LogP contribution in [0.1, 0.15) is 50.6 Å². The van der Waals surface area contributed by atoms with Crippen molar-refractivity contribution in [3.8, 4) is 0 Å². The van der Waals surface area contributed by atoms with Gasteiger partial charge in [0.1, 0.15) is 6.04 Å². The molecule has 2 unspecified atom stereocenters. The normalized spacial score (nSPS) is 23.3. The Kier molecular flexibility index (Phi) is 3.23. The Labute approximate surface area is 108 Å². The molecule has 0 radical (unpaired) electrons. The largest absolute Gasteiger partial charge is 0.388 e. The summed E-state index contributed by atoms with van der Waals surface area (Å²) in [5, 5.41) is 12.8. The van der Waals surface area contributed by atoms with E-state index < -0.39 is 6.10 Å². The van der Waals surface area contributed by atoms with Crippen molar-refractivity contribution in [2.24, 2.45) is 5.41 Å². The smallest absolute Gasteiger partial charge is 0.242 e. The molecule has 1 aliphatic rings. The highest BCUT2D eigenvalue weighted by Crippen LogP contribution is 2.41. The number of likely N-dealkylation sites (N-methyl/N-ethyl adjacent to an activating group) is 1. The summed E-state index contributed by atoms with van der Waals surface area (Å²) < 4.78 is 1.98. The second-order valence-electron chi connectivity index (χ2n) is 5.98. The van der Waals surface area contributed by atoms with Crippen molar-refractivity contribution in [2.45, 2.75) is 45.8 Å². The predicted octanol–water partition coefficient (Wildman–Crippen LogP) is 1.80. The van der Waals surface area contributed by atoms with Crippen LogP contribution in [0.15, 0.2) is 12.3 Å². The summed E-state index contributed by atoms with van der Waals surface area (Å²) in [7, 11) is 1.65. The Morgan fingerprint density at radius 2 is 2.28 bits per heavy atom. The highest BCUT2D eigenvalue weighted by molar-refractivity contribution is 5.79. The second-order valence-corrected chi connectivity index (χ2v) is 5.98. The fourth-order valence-electron chi connectivity index (χ4n) is 2.85. The molecule has 18 heavy (non-hydrogen) atoms. The highest BCUT2D eigenvalue weighted by atomic mass is 16.3. The van der Waals surface area contributed by atoms with Gasteiger partial charge >= 0.3 is 0 Å². The van der Waals surface area contributed by atoms with E-state index in [4.69, 9.17) is 0 Å². The van der Waals surface area contributed by atoms with Crippen molar-refractivity contribution in [1.29, 1.82) is 0 Å². The predicted molar refractivity (Wildman–Crippen MR) is 70.3 cm³/mol. The molecule has 1 heterocycles. The molecule has 4 nitrogen and oxygen atoms in total. The van der Waals surface area contributed by atoms with Gasteiger partial charge in [-0.3, -0.25) is 4.79 Å². The molecule has 1 aliphatic carbocycles. The van der Waals surface area contributed by atoms with Gasteiger partial charge < -0.3 is 15.0 Å². The van der Waals surface area contributed by atoms with Crippen molar-refractivity contribution in [1.82, 2.24) is 9.88 Å². The van der Waals surface area contributed by atoms with Crippen molar-refractivity contribution in [3.05, 3.63) is 23.5 Å². The summed E-state index contributed by atoms with van der Waals surface area (Å²) in [6, 6.07) is 1.70. The summed E-state index contributed by atoms with van der Waals surface area (Å²) in [6.45, 7) is 6.19. The third kappa shape index (κ3) is 2.17. The van der Waals surface area contributed by atoms with Crippen LogP contribution in [0.5, 0.6) is 0 Å². The molecule has 0 spiro atoms. The molecule has 1 amide bonds. The SMILES string of the molecule is CNC(=O)C(C)n1ccc2c1CC(C)(C)CC2O. The first-order valence-corrected chi connectivity index (χ1v) is 6.45. The van der Waals surface area contributed by atoms with Crippen LogP contribution in [-0.2, 0) is 11.2 Å². The van der Waals surface area contributed by atoms with Crippen LogP contribution in [0.2, 0.25) is 0 Å². The lowest BCUT2D eigenvalue weighted by Crippen LogP contribution is -2.31. The third-order valence-corrected chi connectivity index (χ3v) is 3.85. The fourth-order valence-corrected chi connectivity index (χ4v) is 2.85. The summed E-state index contributed by atoms with van der Waals surface area (Å²) in [5.41, 5.74) is 2.14. The number of nitrogens with zero attached hydrogens (tertiary/aromatic N) is 1. The van der Waals surface area contributed by atoms with Crippen LogP contribution in [0, 0.1) is 5.41 Å². The Morgan fingerprint density at radius 1 is 1.61 bits per heavy atom. The lowest BCUT2D eigenvalue weighted by atomic mass is 9.75. The van der Waals surface area contributed by atoms with Gasteiger partial charge in [0.25, 0.3) is 0 Å². The minimum atomic E-state index is -0.415. The molecule has 0 saturated carbocycles. The van der Waals surface area contributed by atoms with E-state index in [1.165, 1.54) is 0 Å².